The van der Waals surface area contributed by atoms with Crippen LogP contribution >= 0.6 is 0 Å². The molecule has 0 radical (unpaired) electrons. The number of hydrogen-bond donors (Lipinski definition) is 1. The van der Waals surface area contributed by atoms with E-state index in [2.05, 4.69) is 5.32 Å². The zero-order valence-corrected chi connectivity index (χ0v) is 6.10. The van der Waals surface area contributed by atoms with Crippen LogP contribution in [0.15, 0.2) is 0 Å². The molecule has 0 unspecified atom stereocenters. The van der Waals surface area contributed by atoms with Crippen molar-refractivity contribution in [3.63, 3.8) is 0 Å². The van der Waals surface area contributed by atoms with E-state index in [1.807, 2.05) is 13.8 Å². The van der Waals surface area contributed by atoms with Crippen LogP contribution in [0.3, 0.4) is 0 Å². The van der Waals surface area contributed by atoms with Gasteiger partial charge >= 0.3 is 13.6 Å². The summed E-state index contributed by atoms with van der Waals surface area (Å²) >= 11 is 0. The average Bonchev–Trinajstić information content (AvgIpc) is 1.83. The first-order chi connectivity index (χ1) is 4.16. The lowest BCUT2D eigenvalue weighted by Gasteiger charge is -2.03. The van der Waals surface area contributed by atoms with Gasteiger partial charge in [0.25, 0.3) is 0 Å². The molecule has 0 aromatic rings. The van der Waals surface area contributed by atoms with Crippen LogP contribution in [0.4, 0.5) is 4.79 Å². The normalized spacial score (nSPS) is 8.89. The van der Waals surface area contributed by atoms with Crippen molar-refractivity contribution < 1.29 is 9.45 Å². The summed E-state index contributed by atoms with van der Waals surface area (Å²) in [5, 5.41) is 2.36. The minimum atomic E-state index is -0.358. The first-order valence-electron chi connectivity index (χ1n) is 3.01. The number of amides is 1. The van der Waals surface area contributed by atoms with Crippen molar-refractivity contribution in [1.29, 1.82) is 0 Å². The fourth-order valence-corrected chi connectivity index (χ4v) is 0.315. The molecule has 0 aromatic heterocycles. The smallest absolute Gasteiger partial charge is 0.388 e. The largest absolute Gasteiger partial charge is 0.524 e. The molecule has 0 aliphatic rings. The Balaban J connectivity index is 3.17. The highest BCUT2D eigenvalue weighted by Crippen LogP contribution is 1.96. The Kier molecular flexibility index (Phi) is 3.92. The molecular formula is C5H12BNO2. The van der Waals surface area contributed by atoms with Crippen LogP contribution in [0.2, 0.25) is 5.82 Å². The minimum absolute atomic E-state index is 0.358. The summed E-state index contributed by atoms with van der Waals surface area (Å²) in [5.74, 6) is 0.405. The third-order valence-electron chi connectivity index (χ3n) is 0.752. The molecule has 0 aliphatic carbocycles. The summed E-state index contributed by atoms with van der Waals surface area (Å²) in [5.41, 5.74) is 0. The summed E-state index contributed by atoms with van der Waals surface area (Å²) in [6.45, 7) is 3.98. The summed E-state index contributed by atoms with van der Waals surface area (Å²) in [7, 11) is 2.03. The van der Waals surface area contributed by atoms with Crippen LogP contribution < -0.4 is 5.32 Å². The van der Waals surface area contributed by atoms with E-state index in [9.17, 15) is 4.79 Å². The molecule has 3 nitrogen and oxygen atoms in total. The summed E-state index contributed by atoms with van der Waals surface area (Å²) < 4.78 is 4.70. The molecule has 4 heteroatoms. The van der Waals surface area contributed by atoms with E-state index in [0.29, 0.717) is 13.3 Å². The molecule has 0 heterocycles. The van der Waals surface area contributed by atoms with Gasteiger partial charge in [-0.1, -0.05) is 13.8 Å². The molecule has 0 atom stereocenters. The van der Waals surface area contributed by atoms with Gasteiger partial charge in [-0.05, 0) is 5.82 Å². The molecule has 0 spiro atoms. The maximum absolute atomic E-state index is 10.4. The van der Waals surface area contributed by atoms with E-state index in [1.54, 1.807) is 7.05 Å². The molecule has 0 aliphatic heterocycles. The fraction of sp³-hybridized carbons (Fsp3) is 0.800. The predicted octanol–water partition coefficient (Wildman–Crippen LogP) is 0.522. The first-order valence-corrected chi connectivity index (χ1v) is 3.01. The van der Waals surface area contributed by atoms with E-state index < -0.39 is 0 Å². The van der Waals surface area contributed by atoms with Crippen molar-refractivity contribution in [2.24, 2.45) is 0 Å². The second-order valence-electron chi connectivity index (χ2n) is 2.24. The van der Waals surface area contributed by atoms with Crippen LogP contribution in [0.25, 0.3) is 0 Å². The van der Waals surface area contributed by atoms with Crippen molar-refractivity contribution in [2.45, 2.75) is 19.7 Å². The van der Waals surface area contributed by atoms with Gasteiger partial charge in [-0.3, -0.25) is 0 Å². The maximum Gasteiger partial charge on any atom is 0.388 e. The lowest BCUT2D eigenvalue weighted by atomic mass is 9.84. The van der Waals surface area contributed by atoms with Crippen molar-refractivity contribution in [1.82, 2.24) is 5.32 Å². The summed E-state index contributed by atoms with van der Waals surface area (Å²) in [6, 6.07) is 0. The van der Waals surface area contributed by atoms with Gasteiger partial charge in [0, 0.05) is 7.05 Å². The monoisotopic (exact) mass is 129 g/mol. The van der Waals surface area contributed by atoms with Crippen molar-refractivity contribution in [3.8, 4) is 0 Å². The van der Waals surface area contributed by atoms with E-state index in [1.165, 1.54) is 0 Å². The number of nitrogens with one attached hydrogen (secondary N) is 1. The number of carbonyl (C=O) groups is 1. The molecule has 0 aromatic carbocycles. The Hall–Kier alpha value is -0.665. The third-order valence-corrected chi connectivity index (χ3v) is 0.752. The Morgan fingerprint density at radius 1 is 1.67 bits per heavy atom. The van der Waals surface area contributed by atoms with Crippen LogP contribution in [0.1, 0.15) is 13.8 Å². The van der Waals surface area contributed by atoms with Crippen molar-refractivity contribution in [2.75, 3.05) is 7.05 Å². The molecule has 0 saturated carbocycles. The van der Waals surface area contributed by atoms with Crippen LogP contribution in [-0.2, 0) is 4.65 Å². The van der Waals surface area contributed by atoms with E-state index in [0.717, 1.165) is 0 Å². The second-order valence-corrected chi connectivity index (χ2v) is 2.24. The van der Waals surface area contributed by atoms with Gasteiger partial charge in [-0.25, -0.2) is 4.79 Å². The molecule has 9 heavy (non-hydrogen) atoms. The molecule has 0 saturated heterocycles. The van der Waals surface area contributed by atoms with Gasteiger partial charge in [0.2, 0.25) is 0 Å². The summed E-state index contributed by atoms with van der Waals surface area (Å²) in [4.78, 5) is 10.4. The highest BCUT2D eigenvalue weighted by atomic mass is 16.5. The average molecular weight is 129 g/mol. The predicted molar refractivity (Wildman–Crippen MR) is 37.8 cm³/mol. The molecule has 0 bridgehead atoms. The standard InChI is InChI=1S/C5H12BNO2/c1-4(2)6-9-5(8)7-3/h4,6H,1-3H3,(H,7,8). The summed E-state index contributed by atoms with van der Waals surface area (Å²) in [6.07, 6.45) is -0.358. The number of rotatable bonds is 2. The fourth-order valence-electron chi connectivity index (χ4n) is 0.315. The van der Waals surface area contributed by atoms with Gasteiger partial charge in [0.1, 0.15) is 0 Å². The maximum atomic E-state index is 10.4. The SMILES string of the molecule is CNC(=O)OBC(C)C. The third kappa shape index (κ3) is 5.20. The van der Waals surface area contributed by atoms with Gasteiger partial charge in [0.05, 0.1) is 0 Å². The molecule has 1 amide bonds. The topological polar surface area (TPSA) is 38.3 Å². The lowest BCUT2D eigenvalue weighted by Crippen LogP contribution is -2.21. The highest BCUT2D eigenvalue weighted by molar-refractivity contribution is 6.32. The molecule has 52 valence electrons. The van der Waals surface area contributed by atoms with Crippen molar-refractivity contribution in [3.05, 3.63) is 0 Å². The van der Waals surface area contributed by atoms with Gasteiger partial charge < -0.3 is 9.97 Å². The molecule has 1 N–H and O–H groups in total. The van der Waals surface area contributed by atoms with E-state index in [4.69, 9.17) is 4.65 Å². The molecule has 0 fully saturated rings. The van der Waals surface area contributed by atoms with Gasteiger partial charge in [0.15, 0.2) is 0 Å². The molecule has 0 rings (SSSR count). The van der Waals surface area contributed by atoms with Crippen LogP contribution in [0.5, 0.6) is 0 Å². The van der Waals surface area contributed by atoms with Gasteiger partial charge in [-0.2, -0.15) is 0 Å². The second kappa shape index (κ2) is 4.24. The zero-order valence-electron chi connectivity index (χ0n) is 6.10. The van der Waals surface area contributed by atoms with E-state index >= 15 is 0 Å². The number of hydrogen-bond acceptors (Lipinski definition) is 2. The lowest BCUT2D eigenvalue weighted by molar-refractivity contribution is 0.204. The van der Waals surface area contributed by atoms with Crippen molar-refractivity contribution >= 4 is 13.6 Å². The first kappa shape index (κ1) is 8.33. The van der Waals surface area contributed by atoms with Crippen LogP contribution in [0, 0.1) is 0 Å². The Labute approximate surface area is 56.0 Å². The highest BCUT2D eigenvalue weighted by Gasteiger charge is 2.01. The van der Waals surface area contributed by atoms with Gasteiger partial charge in [-0.15, -0.1) is 0 Å². The van der Waals surface area contributed by atoms with Crippen LogP contribution in [-0.4, -0.2) is 20.6 Å². The zero-order chi connectivity index (χ0) is 7.28. The Bertz CT molecular complexity index is 95.0. The number of carbonyl (C=O) groups excluding carboxylic acids is 1. The Morgan fingerprint density at radius 2 is 2.22 bits per heavy atom. The van der Waals surface area contributed by atoms with E-state index in [-0.39, 0.29) is 6.09 Å². The quantitative estimate of drug-likeness (QED) is 0.552. The minimum Gasteiger partial charge on any atom is -0.524 e. The molecular weight excluding hydrogens is 117 g/mol. The Morgan fingerprint density at radius 3 is 2.56 bits per heavy atom.